The molecule has 0 saturated carbocycles. The highest BCUT2D eigenvalue weighted by molar-refractivity contribution is 7.99. The molecular formula is C19H20N4O2S2. The topological polar surface area (TPSA) is 76.9 Å². The molecule has 0 radical (unpaired) electrons. The van der Waals surface area contributed by atoms with Crippen molar-refractivity contribution < 1.29 is 4.79 Å². The molecule has 2 aromatic heterocycles. The van der Waals surface area contributed by atoms with Gasteiger partial charge in [-0.2, -0.15) is 0 Å². The lowest BCUT2D eigenvalue weighted by Gasteiger charge is -2.24. The summed E-state index contributed by atoms with van der Waals surface area (Å²) in [5.41, 5.74) is 3.53. The van der Waals surface area contributed by atoms with E-state index in [2.05, 4.69) is 21.4 Å². The minimum atomic E-state index is -0.289. The summed E-state index contributed by atoms with van der Waals surface area (Å²) in [6.07, 6.45) is 0.643. The van der Waals surface area contributed by atoms with Gasteiger partial charge in [0.25, 0.3) is 5.56 Å². The van der Waals surface area contributed by atoms with Gasteiger partial charge in [0, 0.05) is 23.6 Å². The van der Waals surface area contributed by atoms with Gasteiger partial charge in [0.1, 0.15) is 0 Å². The quantitative estimate of drug-likeness (QED) is 0.682. The van der Waals surface area contributed by atoms with Crippen molar-refractivity contribution in [2.45, 2.75) is 38.9 Å². The van der Waals surface area contributed by atoms with Crippen molar-refractivity contribution in [3.63, 3.8) is 0 Å². The Morgan fingerprint density at radius 2 is 2.15 bits per heavy atom. The number of nitrogens with one attached hydrogen (secondary N) is 1. The average Bonchev–Trinajstić information content (AvgIpc) is 3.03. The smallest absolute Gasteiger partial charge is 0.257 e. The van der Waals surface area contributed by atoms with Crippen LogP contribution >= 0.6 is 23.1 Å². The first kappa shape index (κ1) is 18.2. The van der Waals surface area contributed by atoms with Gasteiger partial charge in [-0.05, 0) is 38.0 Å². The van der Waals surface area contributed by atoms with Crippen molar-refractivity contribution in [2.24, 2.45) is 5.92 Å². The zero-order valence-corrected chi connectivity index (χ0v) is 17.0. The Balaban J connectivity index is 1.56. The number of carbonyl (C=O) groups is 1. The van der Waals surface area contributed by atoms with Gasteiger partial charge < -0.3 is 5.32 Å². The van der Waals surface area contributed by atoms with Gasteiger partial charge in [-0.15, -0.1) is 0 Å². The van der Waals surface area contributed by atoms with Crippen molar-refractivity contribution >= 4 is 44.4 Å². The fraction of sp³-hybridized carbons (Fsp3) is 0.368. The van der Waals surface area contributed by atoms with Crippen LogP contribution in [0.3, 0.4) is 0 Å². The predicted molar refractivity (Wildman–Crippen MR) is 110 cm³/mol. The summed E-state index contributed by atoms with van der Waals surface area (Å²) in [6.45, 7) is 6.21. The van der Waals surface area contributed by atoms with Gasteiger partial charge in [-0.25, -0.2) is 9.97 Å². The van der Waals surface area contributed by atoms with Gasteiger partial charge in [-0.1, -0.05) is 36.1 Å². The monoisotopic (exact) mass is 400 g/mol. The number of benzene rings is 1. The molecule has 0 bridgehead atoms. The molecule has 0 aliphatic carbocycles. The molecule has 6 nitrogen and oxygen atoms in total. The van der Waals surface area contributed by atoms with Gasteiger partial charge >= 0.3 is 0 Å². The molecule has 1 amide bonds. The van der Waals surface area contributed by atoms with Crippen LogP contribution in [0, 0.1) is 19.8 Å². The van der Waals surface area contributed by atoms with Crippen LogP contribution in [0.2, 0.25) is 0 Å². The number of amides is 1. The number of hydrogen-bond donors (Lipinski definition) is 1. The number of aromatic nitrogens is 3. The number of thiazole rings is 1. The Bertz CT molecular complexity index is 1100. The van der Waals surface area contributed by atoms with Crippen LogP contribution in [-0.4, -0.2) is 26.2 Å². The van der Waals surface area contributed by atoms with E-state index >= 15 is 0 Å². The lowest BCUT2D eigenvalue weighted by molar-refractivity contribution is -0.119. The summed E-state index contributed by atoms with van der Waals surface area (Å²) >= 11 is 2.93. The predicted octanol–water partition coefficient (Wildman–Crippen LogP) is 3.39. The molecule has 27 heavy (non-hydrogen) atoms. The second-order valence-corrected chi connectivity index (χ2v) is 8.73. The second-order valence-electron chi connectivity index (χ2n) is 6.72. The molecule has 0 saturated heterocycles. The second kappa shape index (κ2) is 7.09. The molecule has 0 fully saturated rings. The third-order valence-corrected chi connectivity index (χ3v) is 6.82. The van der Waals surface area contributed by atoms with E-state index in [0.717, 1.165) is 21.5 Å². The Kier molecular flexibility index (Phi) is 4.77. The van der Waals surface area contributed by atoms with E-state index in [1.54, 1.807) is 4.57 Å². The number of fused-ring (bicyclic) bond motifs is 2. The van der Waals surface area contributed by atoms with E-state index in [1.807, 2.05) is 32.9 Å². The first-order chi connectivity index (χ1) is 13.0. The molecule has 1 aliphatic rings. The lowest BCUT2D eigenvalue weighted by Crippen LogP contribution is -2.38. The third kappa shape index (κ3) is 3.39. The fourth-order valence-electron chi connectivity index (χ4n) is 3.25. The third-order valence-electron chi connectivity index (χ3n) is 4.75. The van der Waals surface area contributed by atoms with Crippen molar-refractivity contribution in [3.05, 3.63) is 45.4 Å². The zero-order valence-electron chi connectivity index (χ0n) is 15.4. The maximum atomic E-state index is 12.8. The Morgan fingerprint density at radius 3 is 2.93 bits per heavy atom. The van der Waals surface area contributed by atoms with E-state index in [-0.39, 0.29) is 17.4 Å². The van der Waals surface area contributed by atoms with Crippen LogP contribution < -0.4 is 10.9 Å². The van der Waals surface area contributed by atoms with Crippen LogP contribution in [0.4, 0.5) is 5.13 Å². The number of aryl methyl sites for hydroxylation is 2. The molecule has 140 valence electrons. The highest BCUT2D eigenvalue weighted by Gasteiger charge is 2.28. The van der Waals surface area contributed by atoms with Crippen LogP contribution in [0.15, 0.2) is 28.2 Å². The van der Waals surface area contributed by atoms with Crippen LogP contribution in [-0.2, 0) is 17.8 Å². The van der Waals surface area contributed by atoms with Crippen molar-refractivity contribution in [1.29, 1.82) is 0 Å². The number of anilines is 1. The summed E-state index contributed by atoms with van der Waals surface area (Å²) in [5.74, 6) is 0.213. The molecule has 4 rings (SSSR count). The van der Waals surface area contributed by atoms with Crippen LogP contribution in [0.25, 0.3) is 10.2 Å². The number of thioether (sulfide) groups is 1. The van der Waals surface area contributed by atoms with E-state index in [0.29, 0.717) is 29.0 Å². The van der Waals surface area contributed by atoms with Gasteiger partial charge in [0.15, 0.2) is 10.3 Å². The minimum absolute atomic E-state index is 0.0273. The van der Waals surface area contributed by atoms with E-state index in [4.69, 9.17) is 0 Å². The SMILES string of the molecule is CCc1c(C)nc2n(c1=O)CC(C(=O)Nc1nc3ccc(C)cc3s1)CS2. The summed E-state index contributed by atoms with van der Waals surface area (Å²) in [6, 6.07) is 6.04. The normalized spacial score (nSPS) is 16.3. The summed E-state index contributed by atoms with van der Waals surface area (Å²) in [4.78, 5) is 34.5. The maximum absolute atomic E-state index is 12.8. The Labute approximate surface area is 165 Å². The van der Waals surface area contributed by atoms with Gasteiger partial charge in [0.2, 0.25) is 5.91 Å². The Morgan fingerprint density at radius 1 is 1.33 bits per heavy atom. The van der Waals surface area contributed by atoms with Crippen molar-refractivity contribution in [2.75, 3.05) is 11.1 Å². The van der Waals surface area contributed by atoms with E-state index in [1.165, 1.54) is 28.7 Å². The molecular weight excluding hydrogens is 380 g/mol. The first-order valence-electron chi connectivity index (χ1n) is 8.87. The van der Waals surface area contributed by atoms with Gasteiger partial charge in [-0.3, -0.25) is 14.2 Å². The Hall–Kier alpha value is -2.19. The zero-order chi connectivity index (χ0) is 19.1. The minimum Gasteiger partial charge on any atom is -0.302 e. The van der Waals surface area contributed by atoms with Crippen molar-refractivity contribution in [1.82, 2.24) is 14.5 Å². The molecule has 1 unspecified atom stereocenters. The average molecular weight is 401 g/mol. The standard InChI is InChI=1S/C19H20N4O2S2/c1-4-13-11(3)20-19-23(17(13)25)8-12(9-26-19)16(24)22-18-21-14-6-5-10(2)7-15(14)27-18/h5-7,12H,4,8-9H2,1-3H3,(H,21,22,24). The molecule has 3 heterocycles. The van der Waals surface area contributed by atoms with Crippen LogP contribution in [0.5, 0.6) is 0 Å². The highest BCUT2D eigenvalue weighted by atomic mass is 32.2. The molecule has 1 atom stereocenters. The number of hydrogen-bond acceptors (Lipinski definition) is 6. The maximum Gasteiger partial charge on any atom is 0.257 e. The fourth-order valence-corrected chi connectivity index (χ4v) is 5.34. The van der Waals surface area contributed by atoms with Crippen molar-refractivity contribution in [3.8, 4) is 0 Å². The van der Waals surface area contributed by atoms with Gasteiger partial charge in [0.05, 0.1) is 16.1 Å². The molecule has 8 heteroatoms. The molecule has 1 aliphatic heterocycles. The number of carbonyl (C=O) groups excluding carboxylic acids is 1. The van der Waals surface area contributed by atoms with Crippen LogP contribution in [0.1, 0.15) is 23.7 Å². The molecule has 3 aromatic rings. The highest BCUT2D eigenvalue weighted by Crippen LogP contribution is 2.29. The number of rotatable bonds is 3. The molecule has 1 aromatic carbocycles. The van der Waals surface area contributed by atoms with E-state index in [9.17, 15) is 9.59 Å². The lowest BCUT2D eigenvalue weighted by atomic mass is 10.1. The molecule has 0 spiro atoms. The summed E-state index contributed by atoms with van der Waals surface area (Å²) in [7, 11) is 0. The van der Waals surface area contributed by atoms with E-state index < -0.39 is 0 Å². The number of nitrogens with zero attached hydrogens (tertiary/aromatic N) is 3. The summed E-state index contributed by atoms with van der Waals surface area (Å²) in [5, 5.41) is 4.23. The largest absolute Gasteiger partial charge is 0.302 e. The summed E-state index contributed by atoms with van der Waals surface area (Å²) < 4.78 is 2.70. The molecule has 1 N–H and O–H groups in total. The first-order valence-corrected chi connectivity index (χ1v) is 10.7.